The number of rotatable bonds is 13. The van der Waals surface area contributed by atoms with Gasteiger partial charge in [-0.1, -0.05) is 49.9 Å². The Hall–Kier alpha value is -6.03. The van der Waals surface area contributed by atoms with Gasteiger partial charge in [0.05, 0.1) is 39.5 Å². The number of halogens is 2. The molecule has 1 atom stereocenters. The van der Waals surface area contributed by atoms with E-state index in [1.165, 1.54) is 78.6 Å². The maximum Gasteiger partial charge on any atom is 0.335 e. The van der Waals surface area contributed by atoms with Gasteiger partial charge in [0.15, 0.2) is 5.78 Å². The number of pyridine rings is 1. The minimum absolute atomic E-state index is 0.0917. The van der Waals surface area contributed by atoms with Gasteiger partial charge in [0.1, 0.15) is 23.2 Å². The molecule has 5 aromatic rings. The van der Waals surface area contributed by atoms with Crippen LogP contribution in [0.1, 0.15) is 72.2 Å². The Bertz CT molecular complexity index is 2520. The molecule has 56 heavy (non-hydrogen) atoms. The van der Waals surface area contributed by atoms with Gasteiger partial charge in [0.25, 0.3) is 21.5 Å². The number of esters is 1. The number of carbonyl (C=O) groups excluding carboxylic acids is 3. The van der Waals surface area contributed by atoms with Crippen LogP contribution in [-0.2, 0) is 33.0 Å². The first-order valence-corrected chi connectivity index (χ1v) is 19.4. The van der Waals surface area contributed by atoms with E-state index in [2.05, 4.69) is 15.0 Å². The number of sulfonamides is 1. The first-order valence-electron chi connectivity index (χ1n) is 17.9. The summed E-state index contributed by atoms with van der Waals surface area (Å²) in [5.41, 5.74) is -1.39. The maximum atomic E-state index is 15.4. The molecule has 2 N–H and O–H groups in total. The van der Waals surface area contributed by atoms with Gasteiger partial charge in [0.2, 0.25) is 0 Å². The molecule has 2 heterocycles. The van der Waals surface area contributed by atoms with Gasteiger partial charge in [-0.25, -0.2) is 31.4 Å². The summed E-state index contributed by atoms with van der Waals surface area (Å²) in [6.45, 7) is 3.15. The highest BCUT2D eigenvalue weighted by molar-refractivity contribution is 7.92. The summed E-state index contributed by atoms with van der Waals surface area (Å²) in [5, 5.41) is 2.58. The van der Waals surface area contributed by atoms with Crippen LogP contribution in [0, 0.1) is 17.6 Å². The van der Waals surface area contributed by atoms with Crippen LogP contribution in [0.4, 0.5) is 14.5 Å². The number of ether oxygens (including phenoxy) is 1. The van der Waals surface area contributed by atoms with Gasteiger partial charge in [-0.05, 0) is 67.8 Å². The molecule has 1 amide bonds. The second kappa shape index (κ2) is 16.4. The third-order valence-corrected chi connectivity index (χ3v) is 11.0. The van der Waals surface area contributed by atoms with Crippen LogP contribution in [0.3, 0.4) is 0 Å². The van der Waals surface area contributed by atoms with Crippen LogP contribution in [0.2, 0.25) is 0 Å². The molecule has 0 radical (unpaired) electrons. The minimum atomic E-state index is -4.36. The fraction of sp³-hybridized carbons (Fsp3) is 0.300. The standard InChI is InChI=1S/C40H39F2N5O8S/c1-23(2)55-39(51)33(18-25-8-12-28(13-9-25)47-38(50)30-16-17-43-22-34(30)46(3)40(47)52)44-37(49)36-31(41)20-27(21-32(36)42)45-56(53,54)29-14-10-26(11-15-29)35(48)19-24-6-4-5-7-24/h8-17,20-24,33,45H,4-7,18-19H2,1-3H3,(H,44,49)/t33-/m0/s1. The van der Waals surface area contributed by atoms with Crippen molar-refractivity contribution in [1.29, 1.82) is 0 Å². The van der Waals surface area contributed by atoms with Crippen LogP contribution >= 0.6 is 0 Å². The van der Waals surface area contributed by atoms with Crippen LogP contribution < -0.4 is 21.3 Å². The third-order valence-electron chi connectivity index (χ3n) is 9.61. The topological polar surface area (TPSA) is 176 Å². The summed E-state index contributed by atoms with van der Waals surface area (Å²) in [5.74, 6) is -4.81. The zero-order valence-corrected chi connectivity index (χ0v) is 31.6. The van der Waals surface area contributed by atoms with E-state index in [1.54, 1.807) is 13.8 Å². The SMILES string of the molecule is CC(C)OC(=O)[C@H](Cc1ccc(-n2c(=O)c3ccncc3n(C)c2=O)cc1)NC(=O)c1c(F)cc(NS(=O)(=O)c2ccc(C(=O)CC3CCCC3)cc2)cc1F. The lowest BCUT2D eigenvalue weighted by molar-refractivity contribution is -0.149. The lowest BCUT2D eigenvalue weighted by atomic mass is 9.97. The van der Waals surface area contributed by atoms with E-state index in [0.717, 1.165) is 30.3 Å². The molecule has 6 rings (SSSR count). The van der Waals surface area contributed by atoms with Gasteiger partial charge in [-0.3, -0.25) is 28.7 Å². The van der Waals surface area contributed by atoms with Crippen molar-refractivity contribution in [3.05, 3.63) is 128 Å². The lowest BCUT2D eigenvalue weighted by Gasteiger charge is -2.20. The molecule has 16 heteroatoms. The van der Waals surface area contributed by atoms with Crippen LogP contribution in [0.25, 0.3) is 16.6 Å². The molecule has 0 spiro atoms. The van der Waals surface area contributed by atoms with E-state index in [4.69, 9.17) is 4.74 Å². The number of hydrogen-bond donors (Lipinski definition) is 2. The van der Waals surface area contributed by atoms with Crippen LogP contribution in [-0.4, -0.2) is 52.3 Å². The number of ketones is 1. The molecule has 0 aliphatic heterocycles. The second-order valence-electron chi connectivity index (χ2n) is 14.0. The van der Waals surface area contributed by atoms with Crippen molar-refractivity contribution in [3.8, 4) is 5.69 Å². The fourth-order valence-corrected chi connectivity index (χ4v) is 7.80. The number of fused-ring (bicyclic) bond motifs is 1. The zero-order chi connectivity index (χ0) is 40.3. The molecule has 3 aromatic carbocycles. The lowest BCUT2D eigenvalue weighted by Crippen LogP contribution is -2.44. The van der Waals surface area contributed by atoms with E-state index in [9.17, 15) is 32.4 Å². The number of carbonyl (C=O) groups is 3. The van der Waals surface area contributed by atoms with Crippen molar-refractivity contribution >= 4 is 44.3 Å². The predicted molar refractivity (Wildman–Crippen MR) is 203 cm³/mol. The number of benzene rings is 3. The van der Waals surface area contributed by atoms with E-state index in [0.29, 0.717) is 41.1 Å². The Morgan fingerprint density at radius 3 is 2.21 bits per heavy atom. The number of nitrogens with one attached hydrogen (secondary N) is 2. The largest absolute Gasteiger partial charge is 0.461 e. The molecule has 0 bridgehead atoms. The highest BCUT2D eigenvalue weighted by atomic mass is 32.2. The summed E-state index contributed by atoms with van der Waals surface area (Å²) >= 11 is 0. The second-order valence-corrected chi connectivity index (χ2v) is 15.7. The molecular formula is C40H39F2N5O8S. The smallest absolute Gasteiger partial charge is 0.335 e. The maximum absolute atomic E-state index is 15.4. The van der Waals surface area contributed by atoms with E-state index in [1.807, 2.05) is 0 Å². The first kappa shape index (κ1) is 39.7. The fourth-order valence-electron chi connectivity index (χ4n) is 6.75. The Kier molecular flexibility index (Phi) is 11.6. The van der Waals surface area contributed by atoms with Crippen molar-refractivity contribution in [1.82, 2.24) is 19.4 Å². The number of hydrogen-bond acceptors (Lipinski definition) is 9. The molecule has 1 fully saturated rings. The third kappa shape index (κ3) is 8.59. The van der Waals surface area contributed by atoms with Crippen LogP contribution in [0.15, 0.2) is 93.6 Å². The van der Waals surface area contributed by atoms with E-state index in [-0.39, 0.29) is 28.2 Å². The summed E-state index contributed by atoms with van der Waals surface area (Å²) in [7, 11) is -2.85. The molecule has 2 aromatic heterocycles. The van der Waals surface area contributed by atoms with Crippen molar-refractivity contribution < 1.29 is 36.3 Å². The van der Waals surface area contributed by atoms with Crippen molar-refractivity contribution in [3.63, 3.8) is 0 Å². The molecule has 0 saturated heterocycles. The Labute approximate surface area is 320 Å². The monoisotopic (exact) mass is 787 g/mol. The minimum Gasteiger partial charge on any atom is -0.461 e. The normalized spacial score (nSPS) is 13.8. The Balaban J connectivity index is 1.18. The number of nitrogens with zero attached hydrogens (tertiary/aromatic N) is 3. The summed E-state index contributed by atoms with van der Waals surface area (Å²) in [6.07, 6.45) is 6.55. The summed E-state index contributed by atoms with van der Waals surface area (Å²) < 4.78 is 66.6. The van der Waals surface area contributed by atoms with Gasteiger partial charge in [0, 0.05) is 31.6 Å². The number of anilines is 1. The summed E-state index contributed by atoms with van der Waals surface area (Å²) in [6, 6.07) is 12.5. The average Bonchev–Trinajstić information content (AvgIpc) is 3.67. The number of amides is 1. The van der Waals surface area contributed by atoms with Gasteiger partial charge in [-0.2, -0.15) is 0 Å². The zero-order valence-electron chi connectivity index (χ0n) is 30.8. The Morgan fingerprint density at radius 1 is 0.946 bits per heavy atom. The van der Waals surface area contributed by atoms with Gasteiger partial charge in [-0.15, -0.1) is 0 Å². The molecule has 1 aliphatic rings. The number of aromatic nitrogens is 3. The molecular weight excluding hydrogens is 749 g/mol. The molecule has 1 aliphatic carbocycles. The summed E-state index contributed by atoms with van der Waals surface area (Å²) in [4.78, 5) is 69.1. The molecule has 0 unspecified atom stereocenters. The Morgan fingerprint density at radius 2 is 1.59 bits per heavy atom. The molecule has 1 saturated carbocycles. The quantitative estimate of drug-likeness (QED) is 0.120. The average molecular weight is 788 g/mol. The van der Waals surface area contributed by atoms with Crippen molar-refractivity contribution in [2.24, 2.45) is 13.0 Å². The number of aryl methyl sites for hydroxylation is 1. The van der Waals surface area contributed by atoms with Gasteiger partial charge < -0.3 is 10.1 Å². The number of Topliss-reactive ketones (excluding diaryl/α,β-unsaturated/α-hetero) is 1. The highest BCUT2D eigenvalue weighted by Crippen LogP contribution is 2.29. The first-order chi connectivity index (χ1) is 26.6. The van der Waals surface area contributed by atoms with Crippen LogP contribution in [0.5, 0.6) is 0 Å². The highest BCUT2D eigenvalue weighted by Gasteiger charge is 2.29. The van der Waals surface area contributed by atoms with Crippen molar-refractivity contribution in [2.75, 3.05) is 4.72 Å². The van der Waals surface area contributed by atoms with Crippen molar-refractivity contribution in [2.45, 2.75) is 69.4 Å². The van der Waals surface area contributed by atoms with Gasteiger partial charge >= 0.3 is 11.7 Å². The predicted octanol–water partition coefficient (Wildman–Crippen LogP) is 5.22. The van der Waals surface area contributed by atoms with E-state index >= 15 is 8.78 Å². The molecule has 13 nitrogen and oxygen atoms in total. The van der Waals surface area contributed by atoms with E-state index < -0.39 is 68.2 Å². The molecule has 292 valence electrons.